The van der Waals surface area contributed by atoms with Crippen LogP contribution in [0.2, 0.25) is 0 Å². The van der Waals surface area contributed by atoms with Crippen LogP contribution >= 0.6 is 0 Å². The van der Waals surface area contributed by atoms with Crippen LogP contribution in [0.15, 0.2) is 30.3 Å². The summed E-state index contributed by atoms with van der Waals surface area (Å²) in [6.45, 7) is 1.23. The zero-order valence-corrected chi connectivity index (χ0v) is 18.7. The molecule has 9 nitrogen and oxygen atoms in total. The Kier molecular flexibility index (Phi) is 7.47. The van der Waals surface area contributed by atoms with Gasteiger partial charge in [0, 0.05) is 13.6 Å². The molecule has 0 N–H and O–H groups in total. The smallest absolute Gasteiger partial charge is 0.233 e. The molecule has 32 heavy (non-hydrogen) atoms. The summed E-state index contributed by atoms with van der Waals surface area (Å²) in [5.74, 6) is 0.991. The fourth-order valence-corrected chi connectivity index (χ4v) is 5.03. The number of hydroxylamine groups is 2. The first-order valence-corrected chi connectivity index (χ1v) is 11.6. The molecule has 1 saturated carbocycles. The average molecular weight is 441 g/mol. The lowest BCUT2D eigenvalue weighted by molar-refractivity contribution is -0.183. The van der Waals surface area contributed by atoms with Crippen molar-refractivity contribution < 1.29 is 14.4 Å². The van der Waals surface area contributed by atoms with Crippen LogP contribution in [0.25, 0.3) is 0 Å². The number of likely N-dealkylation sites (tertiary alicyclic amines) is 1. The number of amides is 2. The summed E-state index contributed by atoms with van der Waals surface area (Å²) in [5, 5.41) is 13.1. The third-order valence-corrected chi connectivity index (χ3v) is 6.69. The van der Waals surface area contributed by atoms with Gasteiger partial charge in [0.2, 0.25) is 12.3 Å². The standard InChI is InChI=1S/C23H32N6O3/c1-27-22(24-25-26-27)21-12-7-13-29(21)23(31)20(14-18-8-5-6-9-18)15-28(17-30)32-16-19-10-3-2-4-11-19/h2-4,10-11,17-18,20-21H,5-9,12-16H2,1H3/t20-,21-/m0/s1. The molecule has 2 aromatic rings. The van der Waals surface area contributed by atoms with Crippen LogP contribution in [0.4, 0.5) is 0 Å². The summed E-state index contributed by atoms with van der Waals surface area (Å²) in [7, 11) is 1.80. The minimum absolute atomic E-state index is 0.0672. The van der Waals surface area contributed by atoms with Crippen LogP contribution in [0.1, 0.15) is 62.4 Å². The molecule has 1 aliphatic heterocycles. The van der Waals surface area contributed by atoms with Crippen LogP contribution in [0.5, 0.6) is 0 Å². The number of tetrazole rings is 1. The van der Waals surface area contributed by atoms with Crippen molar-refractivity contribution in [3.05, 3.63) is 41.7 Å². The lowest BCUT2D eigenvalue weighted by atomic mass is 9.91. The highest BCUT2D eigenvalue weighted by atomic mass is 16.7. The van der Waals surface area contributed by atoms with Gasteiger partial charge in [0.25, 0.3) is 0 Å². The van der Waals surface area contributed by atoms with Crippen LogP contribution in [0.3, 0.4) is 0 Å². The number of rotatable bonds is 10. The maximum Gasteiger partial charge on any atom is 0.233 e. The van der Waals surface area contributed by atoms with Gasteiger partial charge in [-0.05, 0) is 41.2 Å². The molecule has 2 heterocycles. The summed E-state index contributed by atoms with van der Waals surface area (Å²) in [4.78, 5) is 33.2. The number of nitrogens with zero attached hydrogens (tertiary/aromatic N) is 6. The zero-order chi connectivity index (χ0) is 22.3. The van der Waals surface area contributed by atoms with Gasteiger partial charge in [-0.2, -0.15) is 0 Å². The molecule has 2 aliphatic rings. The van der Waals surface area contributed by atoms with E-state index in [4.69, 9.17) is 4.84 Å². The van der Waals surface area contributed by atoms with Gasteiger partial charge in [0.1, 0.15) is 6.61 Å². The van der Waals surface area contributed by atoms with Crippen molar-refractivity contribution in [3.63, 3.8) is 0 Å². The van der Waals surface area contributed by atoms with Gasteiger partial charge in [-0.3, -0.25) is 14.4 Å². The number of benzene rings is 1. The Morgan fingerprint density at radius 1 is 1.22 bits per heavy atom. The van der Waals surface area contributed by atoms with Crippen molar-refractivity contribution in [3.8, 4) is 0 Å². The molecular weight excluding hydrogens is 408 g/mol. The highest BCUT2D eigenvalue weighted by Gasteiger charge is 2.38. The Hall–Kier alpha value is -2.81. The molecule has 9 heteroatoms. The fourth-order valence-electron chi connectivity index (χ4n) is 5.03. The number of aromatic nitrogens is 4. The molecule has 1 aromatic heterocycles. The molecular formula is C23H32N6O3. The molecule has 1 saturated heterocycles. The topological polar surface area (TPSA) is 93.5 Å². The molecule has 1 aromatic carbocycles. The van der Waals surface area contributed by atoms with Crippen LogP contribution in [-0.2, 0) is 28.1 Å². The van der Waals surface area contributed by atoms with E-state index in [1.807, 2.05) is 35.2 Å². The number of hydrogen-bond acceptors (Lipinski definition) is 6. The Morgan fingerprint density at radius 3 is 2.69 bits per heavy atom. The molecule has 0 radical (unpaired) electrons. The Morgan fingerprint density at radius 2 is 2.00 bits per heavy atom. The van der Waals surface area contributed by atoms with Crippen LogP contribution in [0, 0.1) is 11.8 Å². The largest absolute Gasteiger partial charge is 0.332 e. The lowest BCUT2D eigenvalue weighted by Gasteiger charge is -2.31. The van der Waals surface area contributed by atoms with E-state index >= 15 is 0 Å². The monoisotopic (exact) mass is 440 g/mol. The van der Waals surface area contributed by atoms with Crippen molar-refractivity contribution in [1.29, 1.82) is 0 Å². The van der Waals surface area contributed by atoms with E-state index in [9.17, 15) is 9.59 Å². The van der Waals surface area contributed by atoms with Gasteiger partial charge in [-0.1, -0.05) is 56.0 Å². The van der Waals surface area contributed by atoms with E-state index in [0.29, 0.717) is 31.3 Å². The normalized spacial score (nSPS) is 19.9. The Bertz CT molecular complexity index is 883. The van der Waals surface area contributed by atoms with E-state index in [-0.39, 0.29) is 24.4 Å². The number of hydrogen-bond donors (Lipinski definition) is 0. The predicted molar refractivity (Wildman–Crippen MR) is 117 cm³/mol. The van der Waals surface area contributed by atoms with E-state index < -0.39 is 0 Å². The molecule has 2 amide bonds. The molecule has 4 rings (SSSR count). The number of aryl methyl sites for hydroxylation is 1. The van der Waals surface area contributed by atoms with E-state index in [0.717, 1.165) is 37.7 Å². The van der Waals surface area contributed by atoms with E-state index in [1.54, 1.807) is 11.7 Å². The van der Waals surface area contributed by atoms with Crippen molar-refractivity contribution in [2.75, 3.05) is 13.1 Å². The molecule has 2 atom stereocenters. The third-order valence-electron chi connectivity index (χ3n) is 6.69. The first-order chi connectivity index (χ1) is 15.7. The minimum Gasteiger partial charge on any atom is -0.332 e. The summed E-state index contributed by atoms with van der Waals surface area (Å²) in [6.07, 6.45) is 7.94. The maximum atomic E-state index is 13.7. The van der Waals surface area contributed by atoms with Crippen LogP contribution < -0.4 is 0 Å². The highest BCUT2D eigenvalue weighted by molar-refractivity contribution is 5.80. The van der Waals surface area contributed by atoms with E-state index in [1.165, 1.54) is 17.9 Å². The summed E-state index contributed by atoms with van der Waals surface area (Å²) in [5.41, 5.74) is 0.979. The van der Waals surface area contributed by atoms with Crippen molar-refractivity contribution in [2.24, 2.45) is 18.9 Å². The second kappa shape index (κ2) is 10.7. The summed E-state index contributed by atoms with van der Waals surface area (Å²) < 4.78 is 1.64. The minimum atomic E-state index is -0.305. The van der Waals surface area contributed by atoms with Gasteiger partial charge in [0.15, 0.2) is 5.82 Å². The van der Waals surface area contributed by atoms with Crippen LogP contribution in [-0.4, -0.2) is 55.6 Å². The SMILES string of the molecule is Cn1nnnc1[C@@H]1CCCN1C(=O)[C@@H](CC1CCCC1)CN(C=O)OCc1ccccc1. The second-order valence-electron chi connectivity index (χ2n) is 8.90. The number of carbonyl (C=O) groups excluding carboxylic acids is 2. The van der Waals surface area contributed by atoms with Gasteiger partial charge in [-0.15, -0.1) is 5.10 Å². The predicted octanol–water partition coefficient (Wildman–Crippen LogP) is 2.66. The highest BCUT2D eigenvalue weighted by Crippen LogP contribution is 2.35. The first-order valence-electron chi connectivity index (χ1n) is 11.6. The first kappa shape index (κ1) is 22.4. The van der Waals surface area contributed by atoms with Crippen molar-refractivity contribution >= 4 is 12.3 Å². The molecule has 0 unspecified atom stereocenters. The average Bonchev–Trinajstić information content (AvgIpc) is 3.58. The van der Waals surface area contributed by atoms with Crippen molar-refractivity contribution in [1.82, 2.24) is 30.2 Å². The second-order valence-corrected chi connectivity index (χ2v) is 8.90. The lowest BCUT2D eigenvalue weighted by Crippen LogP contribution is -2.42. The molecule has 172 valence electrons. The van der Waals surface area contributed by atoms with Gasteiger partial charge in [-0.25, -0.2) is 9.75 Å². The quantitative estimate of drug-likeness (QED) is 0.417. The summed E-state index contributed by atoms with van der Waals surface area (Å²) >= 11 is 0. The fraction of sp³-hybridized carbons (Fsp3) is 0.609. The molecule has 2 fully saturated rings. The molecule has 0 spiro atoms. The van der Waals surface area contributed by atoms with Gasteiger partial charge < -0.3 is 4.90 Å². The Labute approximate surface area is 188 Å². The molecule has 0 bridgehead atoms. The van der Waals surface area contributed by atoms with Crippen molar-refractivity contribution in [2.45, 2.75) is 57.6 Å². The van der Waals surface area contributed by atoms with Gasteiger partial charge in [0.05, 0.1) is 18.5 Å². The van der Waals surface area contributed by atoms with E-state index in [2.05, 4.69) is 15.5 Å². The summed E-state index contributed by atoms with van der Waals surface area (Å²) in [6, 6.07) is 9.60. The van der Waals surface area contributed by atoms with Gasteiger partial charge >= 0.3 is 0 Å². The Balaban J connectivity index is 1.46. The maximum absolute atomic E-state index is 13.7. The molecule has 1 aliphatic carbocycles. The number of carbonyl (C=O) groups is 2. The third kappa shape index (κ3) is 5.32. The zero-order valence-electron chi connectivity index (χ0n) is 18.7.